The Morgan fingerprint density at radius 2 is 1.78 bits per heavy atom. The number of hydrogen-bond acceptors (Lipinski definition) is 3. The molecular weight excluding hydrogens is 354 g/mol. The summed E-state index contributed by atoms with van der Waals surface area (Å²) in [6.45, 7) is 10.9. The molecule has 0 N–H and O–H groups in total. The van der Waals surface area contributed by atoms with Crippen LogP contribution in [0.3, 0.4) is 0 Å². The molecule has 1 aliphatic heterocycles. The van der Waals surface area contributed by atoms with Gasteiger partial charge in [0, 0.05) is 56.5 Å². The maximum atomic E-state index is 12.9. The first kappa shape index (κ1) is 18.3. The third-order valence-electron chi connectivity index (χ3n) is 5.34. The minimum absolute atomic E-state index is 0.183. The van der Waals surface area contributed by atoms with Gasteiger partial charge in [-0.3, -0.25) is 9.69 Å². The van der Waals surface area contributed by atoms with Crippen LogP contribution < -0.4 is 0 Å². The molecule has 1 aromatic carbocycles. The lowest BCUT2D eigenvalue weighted by Gasteiger charge is -2.34. The van der Waals surface area contributed by atoms with Crippen LogP contribution in [0.5, 0.6) is 0 Å². The molecule has 0 radical (unpaired) electrons. The summed E-state index contributed by atoms with van der Waals surface area (Å²) in [4.78, 5) is 18.2. The molecule has 0 atom stereocenters. The van der Waals surface area contributed by atoms with Gasteiger partial charge in [-0.05, 0) is 32.4 Å². The first-order chi connectivity index (χ1) is 13.0. The molecule has 0 saturated carbocycles. The summed E-state index contributed by atoms with van der Waals surface area (Å²) >= 11 is 1.62. The van der Waals surface area contributed by atoms with Gasteiger partial charge < -0.3 is 9.47 Å². The van der Waals surface area contributed by atoms with Crippen LogP contribution in [0.25, 0.3) is 10.1 Å². The van der Waals surface area contributed by atoms with E-state index in [0.29, 0.717) is 6.04 Å². The molecule has 0 unspecified atom stereocenters. The molecule has 3 heterocycles. The summed E-state index contributed by atoms with van der Waals surface area (Å²) in [5.41, 5.74) is 2.64. The van der Waals surface area contributed by atoms with E-state index in [1.54, 1.807) is 11.3 Å². The Balaban J connectivity index is 1.36. The van der Waals surface area contributed by atoms with E-state index in [-0.39, 0.29) is 5.91 Å². The van der Waals surface area contributed by atoms with Gasteiger partial charge in [-0.2, -0.15) is 0 Å². The third-order valence-corrected chi connectivity index (χ3v) is 6.41. The van der Waals surface area contributed by atoms with E-state index in [0.717, 1.165) is 37.6 Å². The summed E-state index contributed by atoms with van der Waals surface area (Å²) in [6.07, 6.45) is 4.30. The summed E-state index contributed by atoms with van der Waals surface area (Å²) < 4.78 is 3.41. The second-order valence-corrected chi connectivity index (χ2v) is 8.87. The maximum Gasteiger partial charge on any atom is 0.264 e. The van der Waals surface area contributed by atoms with E-state index in [1.165, 1.54) is 21.2 Å². The lowest BCUT2D eigenvalue weighted by Crippen LogP contribution is -2.48. The minimum Gasteiger partial charge on any atom is -0.350 e. The molecule has 1 aliphatic rings. The van der Waals surface area contributed by atoms with Crippen LogP contribution in [0.15, 0.2) is 42.7 Å². The summed E-state index contributed by atoms with van der Waals surface area (Å²) in [6, 6.07) is 11.2. The SMILES string of the molecule is Cc1ccc(CN2CCN(C(=O)c3cc4cn(C(C)C)cc4s3)CC2)cc1. The lowest BCUT2D eigenvalue weighted by molar-refractivity contribution is 0.0633. The van der Waals surface area contributed by atoms with Crippen molar-refractivity contribution >= 4 is 27.3 Å². The number of fused-ring (bicyclic) bond motifs is 1. The fourth-order valence-corrected chi connectivity index (χ4v) is 4.62. The molecule has 27 heavy (non-hydrogen) atoms. The van der Waals surface area contributed by atoms with Crippen molar-refractivity contribution in [3.8, 4) is 0 Å². The quantitative estimate of drug-likeness (QED) is 0.663. The van der Waals surface area contributed by atoms with Crippen molar-refractivity contribution in [1.82, 2.24) is 14.4 Å². The van der Waals surface area contributed by atoms with Crippen molar-refractivity contribution in [3.05, 3.63) is 58.7 Å². The smallest absolute Gasteiger partial charge is 0.264 e. The standard InChI is InChI=1S/C22H27N3OS/c1-16(2)25-14-19-12-20(27-21(19)15-25)22(26)24-10-8-23(9-11-24)13-18-6-4-17(3)5-7-18/h4-7,12,14-16H,8-11,13H2,1-3H3. The number of amides is 1. The highest BCUT2D eigenvalue weighted by atomic mass is 32.1. The zero-order valence-electron chi connectivity index (χ0n) is 16.3. The van der Waals surface area contributed by atoms with Gasteiger partial charge in [0.2, 0.25) is 0 Å². The predicted octanol–water partition coefficient (Wildman–Crippen LogP) is 4.55. The summed E-state index contributed by atoms with van der Waals surface area (Å²) in [7, 11) is 0. The van der Waals surface area contributed by atoms with Gasteiger partial charge in [0.05, 0.1) is 9.58 Å². The Morgan fingerprint density at radius 3 is 2.41 bits per heavy atom. The number of nitrogens with zero attached hydrogens (tertiary/aromatic N) is 3. The van der Waals surface area contributed by atoms with Crippen LogP contribution in [0.2, 0.25) is 0 Å². The molecule has 2 aromatic heterocycles. The molecule has 5 heteroatoms. The van der Waals surface area contributed by atoms with Gasteiger partial charge in [0.1, 0.15) is 0 Å². The Kier molecular flexibility index (Phi) is 5.06. The number of hydrogen-bond donors (Lipinski definition) is 0. The summed E-state index contributed by atoms with van der Waals surface area (Å²) in [5, 5.41) is 1.18. The number of carbonyl (C=O) groups is 1. The third kappa shape index (κ3) is 3.94. The van der Waals surface area contributed by atoms with Crippen LogP contribution in [-0.2, 0) is 6.54 Å². The monoisotopic (exact) mass is 381 g/mol. The zero-order valence-corrected chi connectivity index (χ0v) is 17.1. The molecule has 1 saturated heterocycles. The topological polar surface area (TPSA) is 28.5 Å². The number of aromatic nitrogens is 1. The molecule has 4 nitrogen and oxygen atoms in total. The first-order valence-electron chi connectivity index (χ1n) is 9.68. The number of thiophene rings is 1. The average Bonchev–Trinajstić information content (AvgIpc) is 3.23. The highest BCUT2D eigenvalue weighted by Crippen LogP contribution is 2.29. The van der Waals surface area contributed by atoms with Crippen molar-refractivity contribution < 1.29 is 4.79 Å². The molecule has 1 amide bonds. The normalized spacial score (nSPS) is 15.8. The van der Waals surface area contributed by atoms with E-state index in [9.17, 15) is 4.79 Å². The highest BCUT2D eigenvalue weighted by molar-refractivity contribution is 7.20. The lowest BCUT2D eigenvalue weighted by atomic mass is 10.1. The highest BCUT2D eigenvalue weighted by Gasteiger charge is 2.23. The molecular formula is C22H27N3OS. The van der Waals surface area contributed by atoms with Crippen LogP contribution >= 0.6 is 11.3 Å². The Bertz CT molecular complexity index is 899. The Morgan fingerprint density at radius 1 is 1.07 bits per heavy atom. The maximum absolute atomic E-state index is 12.9. The fraction of sp³-hybridized carbons (Fsp3) is 0.409. The molecule has 0 spiro atoms. The van der Waals surface area contributed by atoms with Crippen molar-refractivity contribution in [2.45, 2.75) is 33.4 Å². The second-order valence-electron chi connectivity index (χ2n) is 7.78. The Hall–Kier alpha value is -2.11. The number of piperazine rings is 1. The van der Waals surface area contributed by atoms with Crippen molar-refractivity contribution in [2.75, 3.05) is 26.2 Å². The number of rotatable bonds is 4. The van der Waals surface area contributed by atoms with Crippen LogP contribution in [0, 0.1) is 6.92 Å². The number of benzene rings is 1. The van der Waals surface area contributed by atoms with Crippen LogP contribution in [0.1, 0.15) is 40.7 Å². The molecule has 3 aromatic rings. The molecule has 4 rings (SSSR count). The number of aryl methyl sites for hydroxylation is 1. The minimum atomic E-state index is 0.183. The molecule has 0 bridgehead atoms. The molecule has 142 valence electrons. The van der Waals surface area contributed by atoms with Crippen molar-refractivity contribution in [1.29, 1.82) is 0 Å². The fourth-order valence-electron chi connectivity index (χ4n) is 3.57. The summed E-state index contributed by atoms with van der Waals surface area (Å²) in [5.74, 6) is 0.183. The zero-order chi connectivity index (χ0) is 19.0. The Labute approximate surface area is 165 Å². The predicted molar refractivity (Wildman–Crippen MR) is 113 cm³/mol. The van der Waals surface area contributed by atoms with Crippen LogP contribution in [0.4, 0.5) is 0 Å². The van der Waals surface area contributed by atoms with E-state index >= 15 is 0 Å². The average molecular weight is 382 g/mol. The van der Waals surface area contributed by atoms with Gasteiger partial charge in [-0.15, -0.1) is 11.3 Å². The van der Waals surface area contributed by atoms with Crippen molar-refractivity contribution in [2.24, 2.45) is 0 Å². The van der Waals surface area contributed by atoms with Crippen LogP contribution in [-0.4, -0.2) is 46.5 Å². The van der Waals surface area contributed by atoms with Gasteiger partial charge >= 0.3 is 0 Å². The van der Waals surface area contributed by atoms with Gasteiger partial charge in [-0.25, -0.2) is 0 Å². The molecule has 1 fully saturated rings. The largest absolute Gasteiger partial charge is 0.350 e. The van der Waals surface area contributed by atoms with E-state index in [2.05, 4.69) is 73.0 Å². The van der Waals surface area contributed by atoms with E-state index in [1.807, 2.05) is 4.90 Å². The van der Waals surface area contributed by atoms with Gasteiger partial charge in [0.15, 0.2) is 0 Å². The van der Waals surface area contributed by atoms with Gasteiger partial charge in [-0.1, -0.05) is 29.8 Å². The number of carbonyl (C=O) groups excluding carboxylic acids is 1. The van der Waals surface area contributed by atoms with Gasteiger partial charge in [0.25, 0.3) is 5.91 Å². The van der Waals surface area contributed by atoms with Crippen molar-refractivity contribution in [3.63, 3.8) is 0 Å². The van der Waals surface area contributed by atoms with E-state index in [4.69, 9.17) is 0 Å². The van der Waals surface area contributed by atoms with E-state index < -0.39 is 0 Å². The molecule has 0 aliphatic carbocycles. The first-order valence-corrected chi connectivity index (χ1v) is 10.5. The second kappa shape index (κ2) is 7.49.